The van der Waals surface area contributed by atoms with Gasteiger partial charge in [-0.15, -0.1) is 0 Å². The second-order valence-electron chi connectivity index (χ2n) is 1.52. The van der Waals surface area contributed by atoms with Crippen LogP contribution in [0.4, 0.5) is 5.69 Å². The van der Waals surface area contributed by atoms with Gasteiger partial charge in [0.05, 0.1) is 0 Å². The van der Waals surface area contributed by atoms with Crippen LogP contribution in [-0.4, -0.2) is 0 Å². The lowest BCUT2D eigenvalue weighted by molar-refractivity contribution is 1.48. The molecule has 0 radical (unpaired) electrons. The summed E-state index contributed by atoms with van der Waals surface area (Å²) in [7, 11) is 0. The van der Waals surface area contributed by atoms with Gasteiger partial charge in [-0.3, -0.25) is 0 Å². The Labute approximate surface area is 66.3 Å². The van der Waals surface area contributed by atoms with Crippen LogP contribution >= 0.6 is 0 Å². The molecular formula is C8H11N3. The van der Waals surface area contributed by atoms with Crippen molar-refractivity contribution in [3.05, 3.63) is 40.8 Å². The van der Waals surface area contributed by atoms with E-state index >= 15 is 0 Å². The molecule has 1 aromatic rings. The van der Waals surface area contributed by atoms with E-state index < -0.39 is 0 Å². The molecule has 58 valence electrons. The van der Waals surface area contributed by atoms with Gasteiger partial charge in [0.2, 0.25) is 0 Å². The van der Waals surface area contributed by atoms with E-state index in [0.717, 1.165) is 0 Å². The highest BCUT2D eigenvalue weighted by Crippen LogP contribution is 2.08. The van der Waals surface area contributed by atoms with Crippen LogP contribution in [0.5, 0.6) is 0 Å². The van der Waals surface area contributed by atoms with Crippen LogP contribution in [0.2, 0.25) is 0 Å². The highest BCUT2D eigenvalue weighted by Gasteiger charge is 1.78. The van der Waals surface area contributed by atoms with Crippen LogP contribution in [0.3, 0.4) is 0 Å². The Bertz CT molecular complexity index is 224. The lowest BCUT2D eigenvalue weighted by Crippen LogP contribution is -1.56. The molecule has 0 fully saturated rings. The normalized spacial score (nSPS) is 7.09. The first-order valence-electron chi connectivity index (χ1n) is 3.53. The maximum Gasteiger partial charge on any atom is 0.0375 e. The first-order valence-corrected chi connectivity index (χ1v) is 3.53. The fourth-order valence-corrected chi connectivity index (χ4v) is 0.546. The smallest absolute Gasteiger partial charge is 0.0375 e. The lowest BCUT2D eigenvalue weighted by atomic mass is 10.3. The monoisotopic (exact) mass is 149 g/mol. The Morgan fingerprint density at radius 1 is 1.18 bits per heavy atom. The molecule has 0 aromatic heterocycles. The van der Waals surface area contributed by atoms with Gasteiger partial charge < -0.3 is 0 Å². The van der Waals surface area contributed by atoms with Gasteiger partial charge in [0.25, 0.3) is 0 Å². The molecule has 0 amide bonds. The van der Waals surface area contributed by atoms with Crippen molar-refractivity contribution in [3.63, 3.8) is 0 Å². The van der Waals surface area contributed by atoms with Crippen molar-refractivity contribution in [2.45, 2.75) is 13.8 Å². The minimum absolute atomic E-state index is 0.653. The third-order valence-corrected chi connectivity index (χ3v) is 0.916. The summed E-state index contributed by atoms with van der Waals surface area (Å²) in [5.41, 5.74) is 8.63. The molecular weight excluding hydrogens is 138 g/mol. The fourth-order valence-electron chi connectivity index (χ4n) is 0.546. The van der Waals surface area contributed by atoms with Crippen LogP contribution in [0.15, 0.2) is 35.4 Å². The van der Waals surface area contributed by atoms with Crippen molar-refractivity contribution in [2.24, 2.45) is 5.11 Å². The largest absolute Gasteiger partial charge is 0.0683 e. The third-order valence-electron chi connectivity index (χ3n) is 0.916. The van der Waals surface area contributed by atoms with Crippen molar-refractivity contribution in [2.75, 3.05) is 0 Å². The summed E-state index contributed by atoms with van der Waals surface area (Å²) < 4.78 is 0. The number of rotatable bonds is 1. The number of hydrogen-bond acceptors (Lipinski definition) is 1. The summed E-state index contributed by atoms with van der Waals surface area (Å²) >= 11 is 0. The Kier molecular flexibility index (Phi) is 5.76. The van der Waals surface area contributed by atoms with Gasteiger partial charge >= 0.3 is 0 Å². The number of hydrogen-bond donors (Lipinski definition) is 0. The highest BCUT2D eigenvalue weighted by molar-refractivity contribution is 5.35. The topological polar surface area (TPSA) is 48.8 Å². The zero-order valence-electron chi connectivity index (χ0n) is 6.73. The predicted octanol–water partition coefficient (Wildman–Crippen LogP) is 3.65. The Balaban J connectivity index is 0.000000461. The summed E-state index contributed by atoms with van der Waals surface area (Å²) in [6.07, 6.45) is 0. The molecule has 0 saturated carbocycles. The van der Waals surface area contributed by atoms with Gasteiger partial charge in [-0.2, -0.15) is 0 Å². The van der Waals surface area contributed by atoms with Crippen LogP contribution in [0, 0.1) is 0 Å². The van der Waals surface area contributed by atoms with E-state index in [0.29, 0.717) is 5.69 Å². The maximum absolute atomic E-state index is 7.98. The first kappa shape index (κ1) is 9.53. The lowest BCUT2D eigenvalue weighted by Gasteiger charge is -1.83. The third kappa shape index (κ3) is 4.00. The van der Waals surface area contributed by atoms with Gasteiger partial charge in [0, 0.05) is 10.6 Å². The molecule has 0 spiro atoms. The van der Waals surface area contributed by atoms with E-state index in [2.05, 4.69) is 10.0 Å². The van der Waals surface area contributed by atoms with Gasteiger partial charge in [0.15, 0.2) is 0 Å². The average molecular weight is 149 g/mol. The van der Waals surface area contributed by atoms with Crippen molar-refractivity contribution < 1.29 is 0 Å². The second kappa shape index (κ2) is 6.65. The van der Waals surface area contributed by atoms with Crippen LogP contribution < -0.4 is 0 Å². The summed E-state index contributed by atoms with van der Waals surface area (Å²) in [5, 5.41) is 3.39. The van der Waals surface area contributed by atoms with E-state index in [-0.39, 0.29) is 0 Å². The van der Waals surface area contributed by atoms with E-state index in [1.807, 2.05) is 32.0 Å². The highest BCUT2D eigenvalue weighted by atomic mass is 15.1. The predicted molar refractivity (Wildman–Crippen MR) is 46.6 cm³/mol. The minimum atomic E-state index is 0.653. The molecule has 11 heavy (non-hydrogen) atoms. The van der Waals surface area contributed by atoms with E-state index in [9.17, 15) is 0 Å². The molecule has 0 aliphatic heterocycles. The minimum Gasteiger partial charge on any atom is -0.0683 e. The van der Waals surface area contributed by atoms with Crippen LogP contribution in [0.1, 0.15) is 13.8 Å². The summed E-state index contributed by atoms with van der Waals surface area (Å²) in [6, 6.07) is 9.02. The van der Waals surface area contributed by atoms with Gasteiger partial charge in [-0.25, -0.2) is 0 Å². The standard InChI is InChI=1S/C6H5N3.C2H6/c7-9-8-6-4-2-1-3-5-6;1-2/h1-5H;1-2H3. The summed E-state index contributed by atoms with van der Waals surface area (Å²) in [5.74, 6) is 0. The van der Waals surface area contributed by atoms with Gasteiger partial charge in [-0.1, -0.05) is 49.3 Å². The van der Waals surface area contributed by atoms with Gasteiger partial charge in [0.1, 0.15) is 0 Å². The molecule has 0 saturated heterocycles. The average Bonchev–Trinajstić information content (AvgIpc) is 2.11. The molecule has 1 aromatic carbocycles. The fraction of sp³-hybridized carbons (Fsp3) is 0.250. The van der Waals surface area contributed by atoms with E-state index in [1.54, 1.807) is 12.1 Å². The molecule has 3 heteroatoms. The molecule has 0 bridgehead atoms. The summed E-state index contributed by atoms with van der Waals surface area (Å²) in [6.45, 7) is 4.00. The molecule has 0 N–H and O–H groups in total. The Hall–Kier alpha value is -1.47. The number of nitrogens with zero attached hydrogens (tertiary/aromatic N) is 3. The summed E-state index contributed by atoms with van der Waals surface area (Å²) in [4.78, 5) is 2.63. The number of azide groups is 1. The van der Waals surface area contributed by atoms with Crippen LogP contribution in [0.25, 0.3) is 10.4 Å². The molecule has 1 rings (SSSR count). The van der Waals surface area contributed by atoms with Crippen LogP contribution in [-0.2, 0) is 0 Å². The molecule has 0 aliphatic carbocycles. The SMILES string of the molecule is CC.[N-]=[N+]=Nc1ccccc1. The molecule has 0 heterocycles. The quantitative estimate of drug-likeness (QED) is 0.332. The van der Waals surface area contributed by atoms with Crippen molar-refractivity contribution >= 4 is 5.69 Å². The van der Waals surface area contributed by atoms with Crippen molar-refractivity contribution in [1.29, 1.82) is 0 Å². The molecule has 0 atom stereocenters. The van der Waals surface area contributed by atoms with Gasteiger partial charge in [-0.05, 0) is 5.53 Å². The Morgan fingerprint density at radius 3 is 2.18 bits per heavy atom. The molecule has 0 aliphatic rings. The van der Waals surface area contributed by atoms with E-state index in [4.69, 9.17) is 5.53 Å². The second-order valence-corrected chi connectivity index (χ2v) is 1.52. The zero-order valence-corrected chi connectivity index (χ0v) is 6.73. The van der Waals surface area contributed by atoms with E-state index in [1.165, 1.54) is 0 Å². The Morgan fingerprint density at radius 2 is 1.73 bits per heavy atom. The first-order chi connectivity index (χ1) is 5.43. The molecule has 3 nitrogen and oxygen atoms in total. The molecule has 0 unspecified atom stereocenters. The van der Waals surface area contributed by atoms with Crippen molar-refractivity contribution in [1.82, 2.24) is 0 Å². The number of benzene rings is 1. The maximum atomic E-state index is 7.98. The zero-order chi connectivity index (χ0) is 8.53. The van der Waals surface area contributed by atoms with Crippen molar-refractivity contribution in [3.8, 4) is 0 Å².